The number of hydrogen-bond donors (Lipinski definition) is 1. The fourth-order valence-electron chi connectivity index (χ4n) is 4.66. The summed E-state index contributed by atoms with van der Waals surface area (Å²) in [6.45, 7) is 4.11. The van der Waals surface area contributed by atoms with Crippen molar-refractivity contribution in [2.75, 3.05) is 24.6 Å². The van der Waals surface area contributed by atoms with Crippen LogP contribution in [0.3, 0.4) is 0 Å². The number of piperidine rings is 1. The Labute approximate surface area is 194 Å². The van der Waals surface area contributed by atoms with E-state index in [1.165, 1.54) is 5.56 Å². The van der Waals surface area contributed by atoms with Crippen molar-refractivity contribution >= 4 is 34.9 Å². The van der Waals surface area contributed by atoms with Crippen molar-refractivity contribution in [1.29, 1.82) is 5.26 Å². The number of halogens is 1. The smallest absolute Gasteiger partial charge is 0.157 e. The molecule has 1 fully saturated rings. The van der Waals surface area contributed by atoms with Crippen molar-refractivity contribution in [3.63, 3.8) is 0 Å². The lowest BCUT2D eigenvalue weighted by Crippen LogP contribution is -2.41. The minimum Gasteiger partial charge on any atom is -0.396 e. The van der Waals surface area contributed by atoms with Gasteiger partial charge in [0.25, 0.3) is 0 Å². The molecule has 164 valence electrons. The van der Waals surface area contributed by atoms with Crippen LogP contribution in [0.1, 0.15) is 36.5 Å². The lowest BCUT2D eigenvalue weighted by atomic mass is 9.81. The Morgan fingerprint density at radius 2 is 1.75 bits per heavy atom. The zero-order valence-corrected chi connectivity index (χ0v) is 19.0. The summed E-state index contributed by atoms with van der Waals surface area (Å²) in [5.41, 5.74) is 5.55. The topological polar surface area (TPSA) is 64.6 Å². The average molecular weight is 447 g/mol. The molecule has 1 aliphatic heterocycles. The third-order valence-electron chi connectivity index (χ3n) is 6.63. The molecule has 1 N–H and O–H groups in total. The molecule has 0 saturated carbocycles. The fraction of sp³-hybridized carbons (Fsp3) is 0.308. The first-order chi connectivity index (χ1) is 15.1. The van der Waals surface area contributed by atoms with Gasteiger partial charge in [-0.05, 0) is 47.6 Å². The zero-order valence-electron chi connectivity index (χ0n) is 18.2. The number of benzene rings is 2. The number of para-hydroxylation sites is 2. The van der Waals surface area contributed by atoms with E-state index < -0.39 is 0 Å². The highest BCUT2D eigenvalue weighted by Crippen LogP contribution is 2.37. The number of hydrogen-bond acceptors (Lipinski definition) is 4. The molecule has 6 heteroatoms. The average Bonchev–Trinajstić information content (AvgIpc) is 3.20. The summed E-state index contributed by atoms with van der Waals surface area (Å²) in [5.74, 6) is 1.12. The first kappa shape index (κ1) is 22.1. The van der Waals surface area contributed by atoms with Gasteiger partial charge in [0.2, 0.25) is 0 Å². The van der Waals surface area contributed by atoms with Crippen LogP contribution in [-0.2, 0) is 6.42 Å². The second-order valence-corrected chi connectivity index (χ2v) is 8.90. The predicted octanol–water partition coefficient (Wildman–Crippen LogP) is 4.97. The molecule has 0 bridgehead atoms. The quantitative estimate of drug-likeness (QED) is 0.480. The first-order valence-electron chi connectivity index (χ1n) is 10.8. The number of fused-ring (bicyclic) bond motifs is 3. The van der Waals surface area contributed by atoms with Crippen molar-refractivity contribution in [1.82, 2.24) is 9.38 Å². The number of pyridine rings is 1. The normalized spacial score (nSPS) is 15.5. The number of anilines is 1. The second kappa shape index (κ2) is 8.82. The number of nitriles is 1. The third kappa shape index (κ3) is 3.81. The van der Waals surface area contributed by atoms with E-state index >= 15 is 0 Å². The molecule has 1 aliphatic rings. The number of imidazole rings is 1. The van der Waals surface area contributed by atoms with Crippen molar-refractivity contribution in [3.05, 3.63) is 77.4 Å². The lowest BCUT2D eigenvalue weighted by Gasteiger charge is -2.40. The fourth-order valence-corrected chi connectivity index (χ4v) is 4.66. The van der Waals surface area contributed by atoms with Gasteiger partial charge in [0.1, 0.15) is 11.9 Å². The molecule has 0 amide bonds. The Bertz CT molecular complexity index is 1280. The Balaban J connectivity index is 0.00000245. The van der Waals surface area contributed by atoms with Gasteiger partial charge in [0.05, 0.1) is 16.6 Å². The summed E-state index contributed by atoms with van der Waals surface area (Å²) in [7, 11) is 0. The van der Waals surface area contributed by atoms with Crippen molar-refractivity contribution in [2.24, 2.45) is 5.41 Å². The molecule has 3 heterocycles. The zero-order chi connectivity index (χ0) is 21.4. The molecule has 5 nitrogen and oxygen atoms in total. The van der Waals surface area contributed by atoms with Gasteiger partial charge in [-0.15, -0.1) is 12.4 Å². The monoisotopic (exact) mass is 446 g/mol. The van der Waals surface area contributed by atoms with Crippen LogP contribution in [0.25, 0.3) is 16.7 Å². The number of aromatic nitrogens is 2. The molecule has 2 aromatic heterocycles. The molecular formula is C26H27ClN4O. The maximum Gasteiger partial charge on any atom is 0.157 e. The third-order valence-corrected chi connectivity index (χ3v) is 6.63. The summed E-state index contributed by atoms with van der Waals surface area (Å²) in [4.78, 5) is 7.22. The minimum atomic E-state index is -0.0290. The maximum absolute atomic E-state index is 9.91. The summed E-state index contributed by atoms with van der Waals surface area (Å²) in [6, 6.07) is 22.9. The van der Waals surface area contributed by atoms with Gasteiger partial charge in [-0.25, -0.2) is 4.98 Å². The molecule has 0 radical (unpaired) electrons. The van der Waals surface area contributed by atoms with Gasteiger partial charge in [-0.3, -0.25) is 4.40 Å². The molecule has 1 saturated heterocycles. The molecule has 0 atom stereocenters. The standard InChI is InChI=1S/C26H26N4O.ClH/c1-26(18-31)11-13-29(14-12-26)25-20(15-19-7-3-2-4-8-19)16-21(17-27)24-28-22-9-5-6-10-23(22)30(24)25;/h2-10,16,31H,11-15,18H2,1H3;1H. The van der Waals surface area contributed by atoms with E-state index in [0.29, 0.717) is 11.2 Å². The number of aliphatic hydroxyl groups excluding tert-OH is 1. The highest BCUT2D eigenvalue weighted by Gasteiger charge is 2.31. The van der Waals surface area contributed by atoms with Crippen LogP contribution in [0.15, 0.2) is 60.7 Å². The summed E-state index contributed by atoms with van der Waals surface area (Å²) in [6.07, 6.45) is 2.62. The molecule has 0 aliphatic carbocycles. The summed E-state index contributed by atoms with van der Waals surface area (Å²) < 4.78 is 2.17. The number of nitrogens with zero attached hydrogens (tertiary/aromatic N) is 4. The van der Waals surface area contributed by atoms with Crippen LogP contribution in [0.4, 0.5) is 5.82 Å². The number of aliphatic hydroxyl groups is 1. The Morgan fingerprint density at radius 3 is 2.44 bits per heavy atom. The van der Waals surface area contributed by atoms with Gasteiger partial charge in [-0.2, -0.15) is 5.26 Å². The maximum atomic E-state index is 9.91. The SMILES string of the molecule is CC1(CO)CCN(c2c(Cc3ccccc3)cc(C#N)c3nc4ccccc4n23)CC1.Cl. The highest BCUT2D eigenvalue weighted by molar-refractivity contribution is 5.86. The van der Waals surface area contributed by atoms with Crippen molar-refractivity contribution < 1.29 is 5.11 Å². The van der Waals surface area contributed by atoms with Gasteiger partial charge in [-0.1, -0.05) is 49.4 Å². The Kier molecular flexibility index (Phi) is 6.10. The van der Waals surface area contributed by atoms with E-state index in [1.54, 1.807) is 0 Å². The van der Waals surface area contributed by atoms with Gasteiger partial charge in [0, 0.05) is 26.1 Å². The van der Waals surface area contributed by atoms with Gasteiger partial charge < -0.3 is 10.0 Å². The van der Waals surface area contributed by atoms with E-state index in [4.69, 9.17) is 4.98 Å². The molecule has 4 aromatic rings. The van der Waals surface area contributed by atoms with E-state index in [-0.39, 0.29) is 24.4 Å². The second-order valence-electron chi connectivity index (χ2n) is 8.90. The Morgan fingerprint density at radius 1 is 1.06 bits per heavy atom. The van der Waals surface area contributed by atoms with E-state index in [9.17, 15) is 10.4 Å². The van der Waals surface area contributed by atoms with Crippen molar-refractivity contribution in [3.8, 4) is 6.07 Å². The molecule has 2 aromatic carbocycles. The van der Waals surface area contributed by atoms with Crippen LogP contribution in [0.5, 0.6) is 0 Å². The molecule has 0 unspecified atom stereocenters. The van der Waals surface area contributed by atoms with Crippen LogP contribution in [0, 0.1) is 16.7 Å². The Hall–Kier alpha value is -3.07. The largest absolute Gasteiger partial charge is 0.396 e. The lowest BCUT2D eigenvalue weighted by molar-refractivity contribution is 0.114. The van der Waals surface area contributed by atoms with E-state index in [2.05, 4.69) is 52.6 Å². The highest BCUT2D eigenvalue weighted by atomic mass is 35.5. The minimum absolute atomic E-state index is 0. The molecular weight excluding hydrogens is 420 g/mol. The van der Waals surface area contributed by atoms with Crippen LogP contribution in [-0.4, -0.2) is 34.2 Å². The summed E-state index contributed by atoms with van der Waals surface area (Å²) in [5, 5.41) is 19.7. The van der Waals surface area contributed by atoms with E-state index in [0.717, 1.165) is 54.8 Å². The summed E-state index contributed by atoms with van der Waals surface area (Å²) >= 11 is 0. The molecule has 0 spiro atoms. The van der Waals surface area contributed by atoms with Crippen molar-refractivity contribution in [2.45, 2.75) is 26.2 Å². The van der Waals surface area contributed by atoms with E-state index in [1.807, 2.05) is 30.3 Å². The molecule has 5 rings (SSSR count). The van der Waals surface area contributed by atoms with Gasteiger partial charge in [0.15, 0.2) is 5.65 Å². The van der Waals surface area contributed by atoms with Crippen LogP contribution >= 0.6 is 12.4 Å². The predicted molar refractivity (Wildman–Crippen MR) is 131 cm³/mol. The van der Waals surface area contributed by atoms with Gasteiger partial charge >= 0.3 is 0 Å². The number of rotatable bonds is 4. The molecule has 32 heavy (non-hydrogen) atoms. The van der Waals surface area contributed by atoms with Crippen LogP contribution < -0.4 is 4.90 Å². The first-order valence-corrected chi connectivity index (χ1v) is 10.8. The van der Waals surface area contributed by atoms with Crippen LogP contribution in [0.2, 0.25) is 0 Å².